The second kappa shape index (κ2) is 8.25. The standard InChI is InChI=1S/C16H28N2/c1-4-5-6-10-16(2,3)14-18-12-9-15-8-7-11-17-13-15/h7-8,11,13,18H,4-6,9-10,12,14H2,1-3H3. The summed E-state index contributed by atoms with van der Waals surface area (Å²) in [5.41, 5.74) is 1.73. The minimum atomic E-state index is 0.421. The van der Waals surface area contributed by atoms with Crippen molar-refractivity contribution in [2.75, 3.05) is 13.1 Å². The smallest absolute Gasteiger partial charge is 0.0300 e. The molecular formula is C16H28N2. The van der Waals surface area contributed by atoms with Crippen LogP contribution in [0.25, 0.3) is 0 Å². The van der Waals surface area contributed by atoms with Gasteiger partial charge in [0.1, 0.15) is 0 Å². The number of rotatable bonds is 9. The highest BCUT2D eigenvalue weighted by Crippen LogP contribution is 2.22. The van der Waals surface area contributed by atoms with Crippen LogP contribution in [0.2, 0.25) is 0 Å². The van der Waals surface area contributed by atoms with Crippen LogP contribution in [-0.2, 0) is 6.42 Å². The Morgan fingerprint density at radius 1 is 1.28 bits per heavy atom. The van der Waals surface area contributed by atoms with Crippen molar-refractivity contribution in [3.05, 3.63) is 30.1 Å². The van der Waals surface area contributed by atoms with Crippen LogP contribution in [0.4, 0.5) is 0 Å². The van der Waals surface area contributed by atoms with Gasteiger partial charge in [-0.2, -0.15) is 0 Å². The van der Waals surface area contributed by atoms with Crippen molar-refractivity contribution in [1.82, 2.24) is 10.3 Å². The van der Waals surface area contributed by atoms with Crippen molar-refractivity contribution in [2.45, 2.75) is 52.9 Å². The van der Waals surface area contributed by atoms with Gasteiger partial charge in [0.2, 0.25) is 0 Å². The third-order valence-electron chi connectivity index (χ3n) is 3.37. The maximum atomic E-state index is 4.13. The molecule has 2 nitrogen and oxygen atoms in total. The average Bonchev–Trinajstić information content (AvgIpc) is 2.36. The third-order valence-corrected chi connectivity index (χ3v) is 3.37. The van der Waals surface area contributed by atoms with Gasteiger partial charge in [0, 0.05) is 18.9 Å². The third kappa shape index (κ3) is 6.75. The maximum absolute atomic E-state index is 4.13. The van der Waals surface area contributed by atoms with E-state index in [2.05, 4.69) is 37.1 Å². The van der Waals surface area contributed by atoms with Crippen LogP contribution in [0.1, 0.15) is 52.0 Å². The molecule has 1 rings (SSSR count). The zero-order chi connectivity index (χ0) is 13.3. The van der Waals surface area contributed by atoms with E-state index in [9.17, 15) is 0 Å². The Balaban J connectivity index is 2.13. The summed E-state index contributed by atoms with van der Waals surface area (Å²) in [5, 5.41) is 3.57. The van der Waals surface area contributed by atoms with E-state index in [1.54, 1.807) is 0 Å². The quantitative estimate of drug-likeness (QED) is 0.672. The van der Waals surface area contributed by atoms with E-state index in [-0.39, 0.29) is 0 Å². The molecule has 0 aromatic carbocycles. The molecule has 0 saturated carbocycles. The summed E-state index contributed by atoms with van der Waals surface area (Å²) in [7, 11) is 0. The Hall–Kier alpha value is -0.890. The number of nitrogens with zero attached hydrogens (tertiary/aromatic N) is 1. The normalized spacial score (nSPS) is 11.7. The molecule has 0 aliphatic carbocycles. The summed E-state index contributed by atoms with van der Waals surface area (Å²) in [4.78, 5) is 4.13. The van der Waals surface area contributed by atoms with Gasteiger partial charge in [0.05, 0.1) is 0 Å². The predicted octanol–water partition coefficient (Wildman–Crippen LogP) is 3.82. The summed E-state index contributed by atoms with van der Waals surface area (Å²) in [5.74, 6) is 0. The molecule has 0 aliphatic rings. The molecule has 0 unspecified atom stereocenters. The van der Waals surface area contributed by atoms with E-state index in [0.29, 0.717) is 5.41 Å². The van der Waals surface area contributed by atoms with Gasteiger partial charge in [-0.15, -0.1) is 0 Å². The second-order valence-corrected chi connectivity index (χ2v) is 5.91. The summed E-state index contributed by atoms with van der Waals surface area (Å²) >= 11 is 0. The minimum Gasteiger partial charge on any atom is -0.316 e. The Kier molecular flexibility index (Phi) is 6.96. The second-order valence-electron chi connectivity index (χ2n) is 5.91. The van der Waals surface area contributed by atoms with E-state index in [1.165, 1.54) is 31.2 Å². The lowest BCUT2D eigenvalue weighted by Crippen LogP contribution is -2.30. The molecule has 0 saturated heterocycles. The van der Waals surface area contributed by atoms with Gasteiger partial charge in [-0.3, -0.25) is 4.98 Å². The van der Waals surface area contributed by atoms with E-state index < -0.39 is 0 Å². The van der Waals surface area contributed by atoms with Crippen molar-refractivity contribution in [3.63, 3.8) is 0 Å². The van der Waals surface area contributed by atoms with Gasteiger partial charge < -0.3 is 5.32 Å². The number of unbranched alkanes of at least 4 members (excludes halogenated alkanes) is 2. The van der Waals surface area contributed by atoms with Gasteiger partial charge in [0.15, 0.2) is 0 Å². The summed E-state index contributed by atoms with van der Waals surface area (Å²) in [6.45, 7) is 9.14. The van der Waals surface area contributed by atoms with Crippen LogP contribution in [-0.4, -0.2) is 18.1 Å². The van der Waals surface area contributed by atoms with Crippen molar-refractivity contribution >= 4 is 0 Å². The Morgan fingerprint density at radius 3 is 2.78 bits per heavy atom. The molecule has 18 heavy (non-hydrogen) atoms. The zero-order valence-corrected chi connectivity index (χ0v) is 12.2. The van der Waals surface area contributed by atoms with E-state index >= 15 is 0 Å². The fraction of sp³-hybridized carbons (Fsp3) is 0.688. The highest BCUT2D eigenvalue weighted by atomic mass is 14.9. The van der Waals surface area contributed by atoms with Crippen molar-refractivity contribution in [1.29, 1.82) is 0 Å². The maximum Gasteiger partial charge on any atom is 0.0300 e. The lowest BCUT2D eigenvalue weighted by Gasteiger charge is -2.25. The fourth-order valence-corrected chi connectivity index (χ4v) is 2.15. The minimum absolute atomic E-state index is 0.421. The Morgan fingerprint density at radius 2 is 2.11 bits per heavy atom. The number of hydrogen-bond acceptors (Lipinski definition) is 2. The number of pyridine rings is 1. The molecule has 0 spiro atoms. The lowest BCUT2D eigenvalue weighted by molar-refractivity contribution is 0.303. The summed E-state index contributed by atoms with van der Waals surface area (Å²) in [6.07, 6.45) is 10.2. The molecule has 1 aromatic heterocycles. The van der Waals surface area contributed by atoms with Crippen LogP contribution in [0.5, 0.6) is 0 Å². The highest BCUT2D eigenvalue weighted by Gasteiger charge is 2.16. The van der Waals surface area contributed by atoms with Gasteiger partial charge >= 0.3 is 0 Å². The Bertz CT molecular complexity index is 306. The first-order chi connectivity index (χ1) is 8.64. The van der Waals surface area contributed by atoms with E-state index in [4.69, 9.17) is 0 Å². The molecule has 2 heteroatoms. The molecule has 102 valence electrons. The topological polar surface area (TPSA) is 24.9 Å². The van der Waals surface area contributed by atoms with Crippen molar-refractivity contribution < 1.29 is 0 Å². The highest BCUT2D eigenvalue weighted by molar-refractivity contribution is 5.08. The van der Waals surface area contributed by atoms with Crippen LogP contribution < -0.4 is 5.32 Å². The first kappa shape index (κ1) is 15.2. The Labute approximate surface area is 112 Å². The number of nitrogens with one attached hydrogen (secondary N) is 1. The molecule has 1 aromatic rings. The molecule has 0 amide bonds. The summed E-state index contributed by atoms with van der Waals surface area (Å²) in [6, 6.07) is 4.14. The van der Waals surface area contributed by atoms with E-state index in [1.807, 2.05) is 18.5 Å². The first-order valence-electron chi connectivity index (χ1n) is 7.24. The molecule has 0 atom stereocenters. The first-order valence-corrected chi connectivity index (χ1v) is 7.24. The van der Waals surface area contributed by atoms with Crippen LogP contribution in [0.15, 0.2) is 24.5 Å². The van der Waals surface area contributed by atoms with Gasteiger partial charge in [0.25, 0.3) is 0 Å². The van der Waals surface area contributed by atoms with Crippen LogP contribution in [0.3, 0.4) is 0 Å². The monoisotopic (exact) mass is 248 g/mol. The molecule has 1 N–H and O–H groups in total. The molecular weight excluding hydrogens is 220 g/mol. The molecule has 0 radical (unpaired) electrons. The van der Waals surface area contributed by atoms with Gasteiger partial charge in [-0.25, -0.2) is 0 Å². The lowest BCUT2D eigenvalue weighted by atomic mass is 9.87. The largest absolute Gasteiger partial charge is 0.316 e. The SMILES string of the molecule is CCCCCC(C)(C)CNCCc1cccnc1. The van der Waals surface area contributed by atoms with Crippen LogP contribution in [0, 0.1) is 5.41 Å². The summed E-state index contributed by atoms with van der Waals surface area (Å²) < 4.78 is 0. The predicted molar refractivity (Wildman–Crippen MR) is 78.7 cm³/mol. The average molecular weight is 248 g/mol. The van der Waals surface area contributed by atoms with Crippen LogP contribution >= 0.6 is 0 Å². The number of hydrogen-bond donors (Lipinski definition) is 1. The molecule has 0 aliphatic heterocycles. The molecule has 0 bridgehead atoms. The zero-order valence-electron chi connectivity index (χ0n) is 12.2. The molecule has 0 fully saturated rings. The van der Waals surface area contributed by atoms with Gasteiger partial charge in [-0.05, 0) is 36.4 Å². The van der Waals surface area contributed by atoms with E-state index in [0.717, 1.165) is 19.5 Å². The fourth-order valence-electron chi connectivity index (χ4n) is 2.15. The molecule has 1 heterocycles. The number of aromatic nitrogens is 1. The van der Waals surface area contributed by atoms with Crippen molar-refractivity contribution in [3.8, 4) is 0 Å². The van der Waals surface area contributed by atoms with Gasteiger partial charge in [-0.1, -0.05) is 46.1 Å². The van der Waals surface area contributed by atoms with Crippen molar-refractivity contribution in [2.24, 2.45) is 5.41 Å².